The molecule has 0 unspecified atom stereocenters. The highest BCUT2D eigenvalue weighted by molar-refractivity contribution is 9.10. The predicted molar refractivity (Wildman–Crippen MR) is 107 cm³/mol. The number of halogens is 2. The molecule has 0 radical (unpaired) electrons. The van der Waals surface area contributed by atoms with Gasteiger partial charge in [0, 0.05) is 29.3 Å². The first-order valence-electron chi connectivity index (χ1n) is 8.56. The minimum atomic E-state index is -0.504. The lowest BCUT2D eigenvalue weighted by Gasteiger charge is -2.33. The molecule has 0 atom stereocenters. The van der Waals surface area contributed by atoms with Gasteiger partial charge in [-0.15, -0.1) is 0 Å². The van der Waals surface area contributed by atoms with Gasteiger partial charge in [0.1, 0.15) is 5.60 Å². The van der Waals surface area contributed by atoms with E-state index < -0.39 is 5.60 Å². The topological polar surface area (TPSA) is 70.7 Å². The quantitative estimate of drug-likeness (QED) is 0.676. The van der Waals surface area contributed by atoms with Crippen molar-refractivity contribution in [2.45, 2.75) is 52.2 Å². The Kier molecular flexibility index (Phi) is 6.80. The Morgan fingerprint density at radius 1 is 1.27 bits per heavy atom. The van der Waals surface area contributed by atoms with Gasteiger partial charge in [0.25, 0.3) is 0 Å². The summed E-state index contributed by atoms with van der Waals surface area (Å²) < 4.78 is 6.17. The fraction of sp³-hybridized carbons (Fsp3) is 0.556. The number of urea groups is 1. The van der Waals surface area contributed by atoms with Gasteiger partial charge >= 0.3 is 12.1 Å². The van der Waals surface area contributed by atoms with Crippen LogP contribution >= 0.6 is 27.5 Å². The van der Waals surface area contributed by atoms with E-state index in [4.69, 9.17) is 16.3 Å². The van der Waals surface area contributed by atoms with E-state index in [1.807, 2.05) is 33.8 Å². The average Bonchev–Trinajstić information content (AvgIpc) is 2.51. The monoisotopic (exact) mass is 445 g/mol. The zero-order chi connectivity index (χ0) is 19.5. The summed E-state index contributed by atoms with van der Waals surface area (Å²) in [6, 6.07) is 3.31. The fourth-order valence-corrected chi connectivity index (χ4v) is 3.28. The third kappa shape index (κ3) is 6.06. The molecule has 8 heteroatoms. The molecule has 1 aliphatic rings. The first-order chi connectivity index (χ1) is 12.0. The molecule has 0 bridgehead atoms. The molecule has 0 aliphatic carbocycles. The highest BCUT2D eigenvalue weighted by atomic mass is 79.9. The summed E-state index contributed by atoms with van der Waals surface area (Å²) in [4.78, 5) is 26.0. The lowest BCUT2D eigenvalue weighted by Crippen LogP contribution is -2.48. The number of carbonyl (C=O) groups is 2. The second-order valence-electron chi connectivity index (χ2n) is 7.42. The van der Waals surface area contributed by atoms with Crippen LogP contribution in [-0.2, 0) is 4.74 Å². The molecule has 1 heterocycles. The molecule has 0 saturated carbocycles. The van der Waals surface area contributed by atoms with Crippen LogP contribution in [0.1, 0.15) is 39.2 Å². The number of hydrogen-bond acceptors (Lipinski definition) is 3. The molecule has 1 aliphatic heterocycles. The molecule has 2 rings (SSSR count). The van der Waals surface area contributed by atoms with Crippen molar-refractivity contribution in [3.8, 4) is 0 Å². The maximum Gasteiger partial charge on any atom is 0.410 e. The van der Waals surface area contributed by atoms with Crippen LogP contribution in [0.15, 0.2) is 16.6 Å². The van der Waals surface area contributed by atoms with E-state index in [9.17, 15) is 9.59 Å². The Labute approximate surface area is 167 Å². The lowest BCUT2D eigenvalue weighted by molar-refractivity contribution is 0.0202. The number of anilines is 1. The largest absolute Gasteiger partial charge is 0.444 e. The molecule has 6 nitrogen and oxygen atoms in total. The van der Waals surface area contributed by atoms with E-state index in [-0.39, 0.29) is 18.2 Å². The van der Waals surface area contributed by atoms with Crippen molar-refractivity contribution in [1.82, 2.24) is 10.2 Å². The molecule has 1 aromatic rings. The number of benzene rings is 1. The number of piperidine rings is 1. The second kappa shape index (κ2) is 8.48. The van der Waals surface area contributed by atoms with Gasteiger partial charge in [-0.05, 0) is 74.2 Å². The SMILES string of the molecule is Cc1cc(Br)c(Cl)cc1NC(=O)NC1CCN(C(=O)OC(C)(C)C)CC1. The Morgan fingerprint density at radius 3 is 2.46 bits per heavy atom. The van der Waals surface area contributed by atoms with E-state index in [0.717, 1.165) is 10.0 Å². The predicted octanol–water partition coefficient (Wildman–Crippen LogP) is 4.93. The van der Waals surface area contributed by atoms with Crippen molar-refractivity contribution in [2.75, 3.05) is 18.4 Å². The molecule has 1 aromatic carbocycles. The van der Waals surface area contributed by atoms with Crippen LogP contribution in [0, 0.1) is 6.92 Å². The van der Waals surface area contributed by atoms with E-state index >= 15 is 0 Å². The number of carbonyl (C=O) groups excluding carboxylic acids is 2. The lowest BCUT2D eigenvalue weighted by atomic mass is 10.1. The van der Waals surface area contributed by atoms with Crippen molar-refractivity contribution < 1.29 is 14.3 Å². The molecule has 2 N–H and O–H groups in total. The van der Waals surface area contributed by atoms with E-state index in [2.05, 4.69) is 26.6 Å². The summed E-state index contributed by atoms with van der Waals surface area (Å²) in [5.74, 6) is 0. The van der Waals surface area contributed by atoms with Gasteiger partial charge in [0.2, 0.25) is 0 Å². The smallest absolute Gasteiger partial charge is 0.410 e. The number of nitrogens with zero attached hydrogens (tertiary/aromatic N) is 1. The van der Waals surface area contributed by atoms with Crippen LogP contribution in [-0.4, -0.2) is 41.8 Å². The summed E-state index contributed by atoms with van der Waals surface area (Å²) in [7, 11) is 0. The highest BCUT2D eigenvalue weighted by Crippen LogP contribution is 2.29. The van der Waals surface area contributed by atoms with Gasteiger partial charge in [-0.3, -0.25) is 0 Å². The number of amides is 3. The zero-order valence-electron chi connectivity index (χ0n) is 15.5. The number of hydrogen-bond donors (Lipinski definition) is 2. The van der Waals surface area contributed by atoms with Gasteiger partial charge in [0.05, 0.1) is 5.02 Å². The molecule has 3 amide bonds. The van der Waals surface area contributed by atoms with Crippen molar-refractivity contribution >= 4 is 45.3 Å². The molecule has 0 aromatic heterocycles. The van der Waals surface area contributed by atoms with E-state index in [1.165, 1.54) is 0 Å². The first kappa shape index (κ1) is 20.8. The van der Waals surface area contributed by atoms with Crippen molar-refractivity contribution in [3.63, 3.8) is 0 Å². The number of likely N-dealkylation sites (tertiary alicyclic amines) is 1. The third-order valence-electron chi connectivity index (χ3n) is 4.00. The van der Waals surface area contributed by atoms with Crippen LogP contribution in [0.25, 0.3) is 0 Å². The molecular formula is C18H25BrClN3O3. The normalized spacial score (nSPS) is 15.5. The number of nitrogens with one attached hydrogen (secondary N) is 2. The fourth-order valence-electron chi connectivity index (χ4n) is 2.66. The van der Waals surface area contributed by atoms with Crippen LogP contribution in [0.5, 0.6) is 0 Å². The molecule has 144 valence electrons. The van der Waals surface area contributed by atoms with Crippen LogP contribution in [0.2, 0.25) is 5.02 Å². The number of rotatable bonds is 2. The van der Waals surface area contributed by atoms with Crippen molar-refractivity contribution in [3.05, 3.63) is 27.2 Å². The van der Waals surface area contributed by atoms with Gasteiger partial charge in [0.15, 0.2) is 0 Å². The van der Waals surface area contributed by atoms with Crippen molar-refractivity contribution in [2.24, 2.45) is 0 Å². The summed E-state index contributed by atoms with van der Waals surface area (Å²) >= 11 is 9.44. The number of aryl methyl sites for hydroxylation is 1. The Morgan fingerprint density at radius 2 is 1.88 bits per heavy atom. The number of ether oxygens (including phenoxy) is 1. The summed E-state index contributed by atoms with van der Waals surface area (Å²) in [5.41, 5.74) is 1.08. The van der Waals surface area contributed by atoms with Gasteiger partial charge < -0.3 is 20.3 Å². The Balaban J connectivity index is 1.83. The standard InChI is InChI=1S/C18H25BrClN3O3/c1-11-9-13(19)14(20)10-15(11)22-16(24)21-12-5-7-23(8-6-12)17(25)26-18(2,3)4/h9-10,12H,5-8H2,1-4H3,(H2,21,22,24). The Bertz CT molecular complexity index is 683. The molecule has 0 spiro atoms. The highest BCUT2D eigenvalue weighted by Gasteiger charge is 2.27. The van der Waals surface area contributed by atoms with E-state index in [1.54, 1.807) is 11.0 Å². The Hall–Kier alpha value is -1.47. The minimum absolute atomic E-state index is 0.0138. The molecular weight excluding hydrogens is 422 g/mol. The minimum Gasteiger partial charge on any atom is -0.444 e. The van der Waals surface area contributed by atoms with E-state index in [0.29, 0.717) is 36.6 Å². The first-order valence-corrected chi connectivity index (χ1v) is 9.73. The maximum absolute atomic E-state index is 12.2. The van der Waals surface area contributed by atoms with Gasteiger partial charge in [-0.25, -0.2) is 9.59 Å². The average molecular weight is 447 g/mol. The second-order valence-corrected chi connectivity index (χ2v) is 8.68. The van der Waals surface area contributed by atoms with Crippen LogP contribution in [0.4, 0.5) is 15.3 Å². The maximum atomic E-state index is 12.2. The summed E-state index contributed by atoms with van der Waals surface area (Å²) in [6.07, 6.45) is 1.07. The third-order valence-corrected chi connectivity index (χ3v) is 5.19. The van der Waals surface area contributed by atoms with Crippen molar-refractivity contribution in [1.29, 1.82) is 0 Å². The summed E-state index contributed by atoms with van der Waals surface area (Å²) in [5, 5.41) is 6.32. The van der Waals surface area contributed by atoms with Crippen LogP contribution in [0.3, 0.4) is 0 Å². The zero-order valence-corrected chi connectivity index (χ0v) is 17.8. The molecule has 1 fully saturated rings. The molecule has 26 heavy (non-hydrogen) atoms. The molecule has 1 saturated heterocycles. The van der Waals surface area contributed by atoms with Gasteiger partial charge in [-0.2, -0.15) is 0 Å². The van der Waals surface area contributed by atoms with Gasteiger partial charge in [-0.1, -0.05) is 11.6 Å². The summed E-state index contributed by atoms with van der Waals surface area (Å²) in [6.45, 7) is 8.56. The van der Waals surface area contributed by atoms with Crippen LogP contribution < -0.4 is 10.6 Å².